The molecule has 1 fully saturated rings. The summed E-state index contributed by atoms with van der Waals surface area (Å²) in [6.45, 7) is 7.04. The Labute approximate surface area is 119 Å². The zero-order chi connectivity index (χ0) is 14.8. The summed E-state index contributed by atoms with van der Waals surface area (Å²) < 4.78 is 10.7. The molecule has 1 aliphatic heterocycles. The summed E-state index contributed by atoms with van der Waals surface area (Å²) in [6.07, 6.45) is 1.29. The van der Waals surface area contributed by atoms with Gasteiger partial charge in [0, 0.05) is 13.2 Å². The van der Waals surface area contributed by atoms with E-state index in [2.05, 4.69) is 5.32 Å². The fourth-order valence-electron chi connectivity index (χ4n) is 1.84. The second-order valence-electron chi connectivity index (χ2n) is 5.97. The minimum Gasteiger partial charge on any atom is -0.456 e. The van der Waals surface area contributed by atoms with Crippen LogP contribution in [0.2, 0.25) is 0 Å². The maximum atomic E-state index is 12.0. The first-order valence-electron chi connectivity index (χ1n) is 6.83. The van der Waals surface area contributed by atoms with Gasteiger partial charge in [-0.1, -0.05) is 0 Å². The summed E-state index contributed by atoms with van der Waals surface area (Å²) >= 11 is 0. The molecule has 0 aliphatic carbocycles. The van der Waals surface area contributed by atoms with Crippen LogP contribution in [0.25, 0.3) is 0 Å². The predicted molar refractivity (Wildman–Crippen MR) is 78.9 cm³/mol. The molecule has 20 heavy (non-hydrogen) atoms. The first-order valence-corrected chi connectivity index (χ1v) is 6.83. The number of nitrogen functional groups attached to an aromatic ring is 1. The van der Waals surface area contributed by atoms with Crippen LogP contribution in [0.4, 0.5) is 11.4 Å². The Balaban J connectivity index is 2.04. The highest BCUT2D eigenvalue weighted by molar-refractivity contribution is 5.92. The van der Waals surface area contributed by atoms with Gasteiger partial charge in [0.1, 0.15) is 5.60 Å². The monoisotopic (exact) mass is 278 g/mol. The molecular formula is C15H22N2O3. The van der Waals surface area contributed by atoms with E-state index in [0.29, 0.717) is 17.8 Å². The van der Waals surface area contributed by atoms with Gasteiger partial charge in [0.25, 0.3) is 0 Å². The van der Waals surface area contributed by atoms with Gasteiger partial charge in [0.2, 0.25) is 0 Å². The minimum absolute atomic E-state index is 0.236. The van der Waals surface area contributed by atoms with E-state index in [-0.39, 0.29) is 12.1 Å². The smallest absolute Gasteiger partial charge is 0.338 e. The SMILES string of the molecule is CC(C)(C)OC(=O)c1ccc(N)c(NC[C@@H]2CCO2)c1. The van der Waals surface area contributed by atoms with Crippen molar-refractivity contribution < 1.29 is 14.3 Å². The van der Waals surface area contributed by atoms with Crippen LogP contribution in [0.5, 0.6) is 0 Å². The van der Waals surface area contributed by atoms with Crippen molar-refractivity contribution in [3.05, 3.63) is 23.8 Å². The highest BCUT2D eigenvalue weighted by Gasteiger charge is 2.20. The number of benzene rings is 1. The Bertz CT molecular complexity index is 490. The Morgan fingerprint density at radius 2 is 2.20 bits per heavy atom. The summed E-state index contributed by atoms with van der Waals surface area (Å²) in [7, 11) is 0. The van der Waals surface area contributed by atoms with Crippen LogP contribution in [-0.4, -0.2) is 30.8 Å². The van der Waals surface area contributed by atoms with E-state index in [1.54, 1.807) is 18.2 Å². The lowest BCUT2D eigenvalue weighted by atomic mass is 10.1. The minimum atomic E-state index is -0.508. The summed E-state index contributed by atoms with van der Waals surface area (Å²) in [6, 6.07) is 5.11. The molecule has 0 aromatic heterocycles. The van der Waals surface area contributed by atoms with Crippen LogP contribution in [-0.2, 0) is 9.47 Å². The quantitative estimate of drug-likeness (QED) is 0.653. The topological polar surface area (TPSA) is 73.6 Å². The predicted octanol–water partition coefficient (Wildman–Crippen LogP) is 2.42. The average Bonchev–Trinajstić information content (AvgIpc) is 2.27. The highest BCUT2D eigenvalue weighted by atomic mass is 16.6. The number of hydrogen-bond donors (Lipinski definition) is 2. The van der Waals surface area contributed by atoms with Crippen LogP contribution in [0.1, 0.15) is 37.6 Å². The first kappa shape index (κ1) is 14.7. The second-order valence-corrected chi connectivity index (χ2v) is 5.97. The van der Waals surface area contributed by atoms with E-state index in [9.17, 15) is 4.79 Å². The van der Waals surface area contributed by atoms with E-state index >= 15 is 0 Å². The van der Waals surface area contributed by atoms with Gasteiger partial charge in [-0.3, -0.25) is 0 Å². The normalized spacial score (nSPS) is 18.2. The molecule has 1 heterocycles. The number of nitrogens with two attached hydrogens (primary N) is 1. The molecule has 5 heteroatoms. The van der Waals surface area contributed by atoms with Crippen molar-refractivity contribution in [2.45, 2.75) is 38.9 Å². The number of carbonyl (C=O) groups excluding carboxylic acids is 1. The Hall–Kier alpha value is -1.75. The molecule has 0 saturated carbocycles. The Morgan fingerprint density at radius 1 is 1.50 bits per heavy atom. The van der Waals surface area contributed by atoms with Crippen molar-refractivity contribution in [3.63, 3.8) is 0 Å². The fourth-order valence-corrected chi connectivity index (χ4v) is 1.84. The number of nitrogens with one attached hydrogen (secondary N) is 1. The molecular weight excluding hydrogens is 256 g/mol. The van der Waals surface area contributed by atoms with Crippen LogP contribution < -0.4 is 11.1 Å². The highest BCUT2D eigenvalue weighted by Crippen LogP contribution is 2.23. The van der Waals surface area contributed by atoms with Gasteiger partial charge in [-0.25, -0.2) is 4.79 Å². The van der Waals surface area contributed by atoms with E-state index < -0.39 is 5.60 Å². The summed E-state index contributed by atoms with van der Waals surface area (Å²) in [5.74, 6) is -0.347. The van der Waals surface area contributed by atoms with Gasteiger partial charge in [-0.2, -0.15) is 0 Å². The zero-order valence-electron chi connectivity index (χ0n) is 12.2. The number of anilines is 2. The summed E-state index contributed by atoms with van der Waals surface area (Å²) in [4.78, 5) is 12.0. The third-order valence-corrected chi connectivity index (χ3v) is 3.00. The van der Waals surface area contributed by atoms with Crippen LogP contribution >= 0.6 is 0 Å². The summed E-state index contributed by atoms with van der Waals surface area (Å²) in [5, 5.41) is 3.22. The number of carbonyl (C=O) groups is 1. The fraction of sp³-hybridized carbons (Fsp3) is 0.533. The van der Waals surface area contributed by atoms with E-state index in [1.807, 2.05) is 20.8 Å². The molecule has 3 N–H and O–H groups in total. The van der Waals surface area contributed by atoms with Gasteiger partial charge in [-0.05, 0) is 45.4 Å². The van der Waals surface area contributed by atoms with Crippen LogP contribution in [0.15, 0.2) is 18.2 Å². The zero-order valence-corrected chi connectivity index (χ0v) is 12.2. The van der Waals surface area contributed by atoms with E-state index in [0.717, 1.165) is 18.7 Å². The standard InChI is InChI=1S/C15H22N2O3/c1-15(2,3)20-14(18)10-4-5-12(16)13(8-10)17-9-11-6-7-19-11/h4-5,8,11,17H,6-7,9,16H2,1-3H3/t11-/m0/s1. The maximum Gasteiger partial charge on any atom is 0.338 e. The molecule has 2 rings (SSSR count). The van der Waals surface area contributed by atoms with Crippen molar-refractivity contribution in [1.29, 1.82) is 0 Å². The largest absolute Gasteiger partial charge is 0.456 e. The lowest BCUT2D eigenvalue weighted by molar-refractivity contribution is -0.0410. The first-order chi connectivity index (χ1) is 9.35. The Kier molecular flexibility index (Phi) is 4.18. The molecule has 0 spiro atoms. The van der Waals surface area contributed by atoms with Gasteiger partial charge in [0.05, 0.1) is 23.0 Å². The Morgan fingerprint density at radius 3 is 2.75 bits per heavy atom. The van der Waals surface area contributed by atoms with E-state index in [4.69, 9.17) is 15.2 Å². The van der Waals surface area contributed by atoms with Gasteiger partial charge >= 0.3 is 5.97 Å². The van der Waals surface area contributed by atoms with Crippen LogP contribution in [0.3, 0.4) is 0 Å². The van der Waals surface area contributed by atoms with Gasteiger partial charge in [0.15, 0.2) is 0 Å². The van der Waals surface area contributed by atoms with Crippen molar-refractivity contribution in [2.75, 3.05) is 24.2 Å². The molecule has 0 radical (unpaired) electrons. The number of rotatable bonds is 4. The molecule has 0 amide bonds. The molecule has 1 aliphatic rings. The van der Waals surface area contributed by atoms with Gasteiger partial charge in [-0.15, -0.1) is 0 Å². The molecule has 1 atom stereocenters. The molecule has 1 saturated heterocycles. The second kappa shape index (κ2) is 5.71. The maximum absolute atomic E-state index is 12.0. The van der Waals surface area contributed by atoms with E-state index in [1.165, 1.54) is 0 Å². The lowest BCUT2D eigenvalue weighted by Crippen LogP contribution is -2.33. The molecule has 1 aromatic carbocycles. The third kappa shape index (κ3) is 3.87. The van der Waals surface area contributed by atoms with Gasteiger partial charge < -0.3 is 20.5 Å². The average molecular weight is 278 g/mol. The molecule has 1 aromatic rings. The third-order valence-electron chi connectivity index (χ3n) is 3.00. The number of hydrogen-bond acceptors (Lipinski definition) is 5. The van der Waals surface area contributed by atoms with Crippen molar-refractivity contribution in [1.82, 2.24) is 0 Å². The summed E-state index contributed by atoms with van der Waals surface area (Å²) in [5.41, 5.74) is 7.24. The van der Waals surface area contributed by atoms with Crippen LogP contribution in [0, 0.1) is 0 Å². The molecule has 0 unspecified atom stereocenters. The van der Waals surface area contributed by atoms with Crippen molar-refractivity contribution in [3.8, 4) is 0 Å². The number of esters is 1. The molecule has 110 valence electrons. The molecule has 0 bridgehead atoms. The van der Waals surface area contributed by atoms with Crippen molar-refractivity contribution in [2.24, 2.45) is 0 Å². The lowest BCUT2D eigenvalue weighted by Gasteiger charge is -2.27. The molecule has 5 nitrogen and oxygen atoms in total. The number of ether oxygens (including phenoxy) is 2. The van der Waals surface area contributed by atoms with Crippen molar-refractivity contribution >= 4 is 17.3 Å².